The number of phenols is 2. The van der Waals surface area contributed by atoms with E-state index in [4.69, 9.17) is 4.74 Å². The van der Waals surface area contributed by atoms with Crippen LogP contribution in [0.3, 0.4) is 0 Å². The van der Waals surface area contributed by atoms with Crippen LogP contribution in [-0.2, 0) is 10.3 Å². The number of carboxylic acid groups (broad SMARTS) is 1. The molecule has 3 aromatic carbocycles. The second kappa shape index (κ2) is 7.77. The van der Waals surface area contributed by atoms with Crippen LogP contribution in [0.15, 0.2) is 42.2 Å². The maximum Gasteiger partial charge on any atom is 0.341 e. The van der Waals surface area contributed by atoms with Crippen LogP contribution in [0.4, 0.5) is 0 Å². The molecule has 5 N–H and O–H groups in total. The number of hydrogen-bond donors (Lipinski definition) is 5. The molecular weight excluding hydrogens is 712 g/mol. The van der Waals surface area contributed by atoms with E-state index in [9.17, 15) is 35.1 Å². The number of benzene rings is 3. The van der Waals surface area contributed by atoms with Gasteiger partial charge in [0.1, 0.15) is 17.1 Å². The minimum atomic E-state index is -2.04. The van der Waals surface area contributed by atoms with Gasteiger partial charge in [-0.15, -0.1) is 0 Å². The van der Waals surface area contributed by atoms with Crippen LogP contribution in [0.25, 0.3) is 11.1 Å². The molecule has 8 nitrogen and oxygen atoms in total. The van der Waals surface area contributed by atoms with E-state index in [1.165, 1.54) is 24.3 Å². The largest absolute Gasteiger partial charge is 0.507 e. The number of esters is 1. The van der Waals surface area contributed by atoms with Crippen molar-refractivity contribution in [2.75, 3.05) is 0 Å². The summed E-state index contributed by atoms with van der Waals surface area (Å²) in [6, 6.07) is 4.95. The predicted molar refractivity (Wildman–Crippen MR) is 132 cm³/mol. The zero-order chi connectivity index (χ0) is 24.9. The number of phenolic OH excluding ortho intramolecular Hbond substituents is 1. The van der Waals surface area contributed by atoms with Crippen molar-refractivity contribution in [3.63, 3.8) is 0 Å². The van der Waals surface area contributed by atoms with Gasteiger partial charge in [0.25, 0.3) is 0 Å². The first-order valence-electron chi connectivity index (χ1n) is 9.36. The summed E-state index contributed by atoms with van der Waals surface area (Å²) in [4.78, 5) is 25.1. The molecule has 0 saturated carbocycles. The quantitative estimate of drug-likeness (QED) is 0.104. The molecule has 0 amide bonds. The topological polar surface area (TPSA) is 145 Å². The average molecular weight is 722 g/mol. The fourth-order valence-corrected chi connectivity index (χ4v) is 7.08. The summed E-state index contributed by atoms with van der Waals surface area (Å²) in [6.07, 6.45) is -2.04. The molecule has 5 rings (SSSR count). The lowest BCUT2D eigenvalue weighted by molar-refractivity contribution is -0.0440. The van der Waals surface area contributed by atoms with E-state index in [0.717, 1.165) is 0 Å². The Morgan fingerprint density at radius 2 is 1.41 bits per heavy atom. The summed E-state index contributed by atoms with van der Waals surface area (Å²) in [5.41, 5.74) is -0.832. The Morgan fingerprint density at radius 1 is 0.853 bits per heavy atom. The van der Waals surface area contributed by atoms with E-state index in [1.54, 1.807) is 0 Å². The van der Waals surface area contributed by atoms with E-state index >= 15 is 0 Å². The monoisotopic (exact) mass is 718 g/mol. The highest BCUT2D eigenvalue weighted by molar-refractivity contribution is 9.15. The van der Waals surface area contributed by atoms with Crippen LogP contribution < -0.4 is 0 Å². The number of aliphatic hydroxyl groups excluding tert-OH is 1. The summed E-state index contributed by atoms with van der Waals surface area (Å²) < 4.78 is 7.86. The van der Waals surface area contributed by atoms with E-state index in [2.05, 4.69) is 63.7 Å². The van der Waals surface area contributed by atoms with Gasteiger partial charge in [-0.2, -0.15) is 0 Å². The van der Waals surface area contributed by atoms with Gasteiger partial charge < -0.3 is 30.3 Å². The lowest BCUT2D eigenvalue weighted by Gasteiger charge is -2.29. The van der Waals surface area contributed by atoms with Gasteiger partial charge in [0.15, 0.2) is 11.9 Å². The highest BCUT2D eigenvalue weighted by Crippen LogP contribution is 2.62. The molecular formula is C22H10Br4O8. The fourth-order valence-electron chi connectivity index (χ4n) is 4.52. The predicted octanol–water partition coefficient (Wildman–Crippen LogP) is 5.27. The number of fused-ring (bicyclic) bond motifs is 7. The first-order chi connectivity index (χ1) is 15.9. The van der Waals surface area contributed by atoms with Crippen molar-refractivity contribution in [2.24, 2.45) is 0 Å². The number of aromatic carboxylic acids is 1. The summed E-state index contributed by atoms with van der Waals surface area (Å²) in [7, 11) is 0. The molecule has 1 aliphatic carbocycles. The number of carboxylic acids is 1. The third-order valence-electron chi connectivity index (χ3n) is 5.93. The summed E-state index contributed by atoms with van der Waals surface area (Å²) in [5, 5.41) is 50.1. The average Bonchev–Trinajstić information content (AvgIpc) is 3.21. The maximum atomic E-state index is 13.2. The van der Waals surface area contributed by atoms with Crippen LogP contribution in [0.5, 0.6) is 11.5 Å². The van der Waals surface area contributed by atoms with Crippen LogP contribution >= 0.6 is 63.7 Å². The van der Waals surface area contributed by atoms with Gasteiger partial charge in [-0.25, -0.2) is 9.59 Å². The standard InChI is InChI=1S/C22H10Br4O8/c23-15-13-14(16(24)18(26)17(15)25)22(34-21(13)33)9-1-7(19(29)30)11(27)3-5(9)6-4-12(28)8(20(31)32)2-10(6)22/h1-4,19,27-30H,(H,31,32). The summed E-state index contributed by atoms with van der Waals surface area (Å²) in [6.45, 7) is 0. The second-order valence-electron chi connectivity index (χ2n) is 7.63. The Labute approximate surface area is 224 Å². The van der Waals surface area contributed by atoms with Crippen molar-refractivity contribution in [3.05, 3.63) is 75.5 Å². The SMILES string of the molecule is O=C(O)c1cc2c(cc1O)-c1cc(O)c(C(O)O)cc1C21OC(=O)c2c(Br)c(Br)c(Br)c(Br)c21. The van der Waals surface area contributed by atoms with Crippen molar-refractivity contribution in [2.45, 2.75) is 11.9 Å². The Morgan fingerprint density at radius 3 is 2.00 bits per heavy atom. The van der Waals surface area contributed by atoms with Crippen LogP contribution in [0.2, 0.25) is 0 Å². The van der Waals surface area contributed by atoms with Gasteiger partial charge in [-0.3, -0.25) is 0 Å². The number of aromatic hydroxyl groups is 2. The fraction of sp³-hybridized carbons (Fsp3) is 0.0909. The summed E-state index contributed by atoms with van der Waals surface area (Å²) in [5.74, 6) is -3.09. The van der Waals surface area contributed by atoms with Gasteiger partial charge in [0.2, 0.25) is 0 Å². The minimum Gasteiger partial charge on any atom is -0.507 e. The number of aliphatic hydroxyl groups is 2. The van der Waals surface area contributed by atoms with Gasteiger partial charge in [-0.1, -0.05) is 0 Å². The molecule has 12 heteroatoms. The second-order valence-corrected chi connectivity index (χ2v) is 10.8. The number of hydrogen-bond acceptors (Lipinski definition) is 7. The van der Waals surface area contributed by atoms with Crippen molar-refractivity contribution in [1.82, 2.24) is 0 Å². The molecule has 0 fully saturated rings. The van der Waals surface area contributed by atoms with Crippen LogP contribution in [0, 0.1) is 0 Å². The maximum absolute atomic E-state index is 13.2. The first kappa shape index (κ1) is 23.8. The highest BCUT2D eigenvalue weighted by Gasteiger charge is 2.57. The molecule has 0 bridgehead atoms. The van der Waals surface area contributed by atoms with Gasteiger partial charge >= 0.3 is 11.9 Å². The summed E-state index contributed by atoms with van der Waals surface area (Å²) >= 11 is 13.8. The minimum absolute atomic E-state index is 0.157. The van der Waals surface area contributed by atoms with E-state index in [-0.39, 0.29) is 22.3 Å². The molecule has 1 unspecified atom stereocenters. The third-order valence-corrected chi connectivity index (χ3v) is 10.7. The Hall–Kier alpha value is -1.96. The number of carbonyl (C=O) groups excluding carboxylic acids is 1. The molecule has 3 aromatic rings. The van der Waals surface area contributed by atoms with E-state index < -0.39 is 40.9 Å². The molecule has 1 aliphatic heterocycles. The molecule has 1 spiro atoms. The molecule has 0 radical (unpaired) electrons. The zero-order valence-electron chi connectivity index (χ0n) is 16.4. The highest BCUT2D eigenvalue weighted by atomic mass is 79.9. The Kier molecular flexibility index (Phi) is 5.43. The van der Waals surface area contributed by atoms with Crippen molar-refractivity contribution < 1.29 is 39.9 Å². The first-order valence-corrected chi connectivity index (χ1v) is 12.5. The Balaban J connectivity index is 2.01. The number of rotatable bonds is 2. The Bertz CT molecular complexity index is 1480. The smallest absolute Gasteiger partial charge is 0.341 e. The van der Waals surface area contributed by atoms with Crippen molar-refractivity contribution in [1.29, 1.82) is 0 Å². The molecule has 0 saturated heterocycles. The van der Waals surface area contributed by atoms with Crippen LogP contribution in [0.1, 0.15) is 49.3 Å². The third kappa shape index (κ3) is 2.93. The van der Waals surface area contributed by atoms with E-state index in [1.807, 2.05) is 0 Å². The molecule has 0 aromatic heterocycles. The lowest BCUT2D eigenvalue weighted by atomic mass is 9.82. The molecule has 1 heterocycles. The van der Waals surface area contributed by atoms with Gasteiger partial charge in [0.05, 0.1) is 5.56 Å². The molecule has 1 atom stereocenters. The van der Waals surface area contributed by atoms with Crippen molar-refractivity contribution >= 4 is 75.7 Å². The van der Waals surface area contributed by atoms with Gasteiger partial charge in [0, 0.05) is 40.1 Å². The zero-order valence-corrected chi connectivity index (χ0v) is 22.7. The normalized spacial score (nSPS) is 17.7. The van der Waals surface area contributed by atoms with Crippen molar-refractivity contribution in [3.8, 4) is 22.6 Å². The van der Waals surface area contributed by atoms with Crippen LogP contribution in [-0.4, -0.2) is 37.5 Å². The number of halogens is 4. The number of ether oxygens (including phenoxy) is 1. The number of carbonyl (C=O) groups is 2. The van der Waals surface area contributed by atoms with E-state index in [0.29, 0.717) is 34.6 Å². The molecule has 34 heavy (non-hydrogen) atoms. The van der Waals surface area contributed by atoms with Gasteiger partial charge in [-0.05, 0) is 99.1 Å². The molecule has 2 aliphatic rings. The molecule has 174 valence electrons. The lowest BCUT2D eigenvalue weighted by Crippen LogP contribution is -2.28.